The Morgan fingerprint density at radius 3 is 2.60 bits per heavy atom. The van der Waals surface area contributed by atoms with Gasteiger partial charge in [0.15, 0.2) is 5.78 Å². The summed E-state index contributed by atoms with van der Waals surface area (Å²) >= 11 is 0. The second-order valence-corrected chi connectivity index (χ2v) is 4.70. The molecule has 0 aliphatic carbocycles. The van der Waals surface area contributed by atoms with E-state index in [1.807, 2.05) is 18.2 Å². The van der Waals surface area contributed by atoms with Gasteiger partial charge in [-0.05, 0) is 30.7 Å². The Kier molecular flexibility index (Phi) is 3.03. The minimum Gasteiger partial charge on any atom is -0.289 e. The van der Waals surface area contributed by atoms with E-state index in [2.05, 4.69) is 4.98 Å². The third-order valence-electron chi connectivity index (χ3n) is 3.30. The van der Waals surface area contributed by atoms with Crippen LogP contribution in [0.2, 0.25) is 0 Å². The molecule has 0 atom stereocenters. The molecule has 1 aromatic heterocycles. The van der Waals surface area contributed by atoms with Crippen LogP contribution in [0.3, 0.4) is 0 Å². The molecule has 3 aromatic rings. The summed E-state index contributed by atoms with van der Waals surface area (Å²) in [4.78, 5) is 16.6. The number of benzene rings is 2. The number of hydrogen-bond acceptors (Lipinski definition) is 2. The highest BCUT2D eigenvalue weighted by Gasteiger charge is 2.11. The van der Waals surface area contributed by atoms with Crippen molar-refractivity contribution in [2.75, 3.05) is 0 Å². The van der Waals surface area contributed by atoms with Crippen LogP contribution in [0.5, 0.6) is 0 Å². The standard InChI is InChI=1S/C17H12FNO/c1-11-4-5-13(9-15(11)18)17(20)14-7-6-12-3-2-8-19-16(12)10-14/h2-10H,1H3. The number of halogens is 1. The van der Waals surface area contributed by atoms with Crippen LogP contribution in [0, 0.1) is 12.7 Å². The van der Waals surface area contributed by atoms with Crippen molar-refractivity contribution in [3.8, 4) is 0 Å². The average molecular weight is 265 g/mol. The lowest BCUT2D eigenvalue weighted by molar-refractivity contribution is 0.103. The Bertz CT molecular complexity index is 811. The Labute approximate surface area is 115 Å². The van der Waals surface area contributed by atoms with Gasteiger partial charge in [0.2, 0.25) is 0 Å². The third kappa shape index (κ3) is 2.18. The molecule has 0 saturated heterocycles. The van der Waals surface area contributed by atoms with Crippen molar-refractivity contribution in [3.63, 3.8) is 0 Å². The van der Waals surface area contributed by atoms with Crippen molar-refractivity contribution in [3.05, 3.63) is 77.2 Å². The Morgan fingerprint density at radius 1 is 1.05 bits per heavy atom. The molecule has 20 heavy (non-hydrogen) atoms. The Hall–Kier alpha value is -2.55. The molecule has 3 heteroatoms. The summed E-state index contributed by atoms with van der Waals surface area (Å²) < 4.78 is 13.5. The van der Waals surface area contributed by atoms with Crippen LogP contribution in [0.4, 0.5) is 4.39 Å². The van der Waals surface area contributed by atoms with E-state index in [4.69, 9.17) is 0 Å². The number of ketones is 1. The third-order valence-corrected chi connectivity index (χ3v) is 3.30. The SMILES string of the molecule is Cc1ccc(C(=O)c2ccc3cccnc3c2)cc1F. The van der Waals surface area contributed by atoms with Crippen molar-refractivity contribution >= 4 is 16.7 Å². The fourth-order valence-corrected chi connectivity index (χ4v) is 2.11. The van der Waals surface area contributed by atoms with Crippen LogP contribution < -0.4 is 0 Å². The zero-order valence-corrected chi connectivity index (χ0v) is 10.9. The molecule has 0 saturated carbocycles. The van der Waals surface area contributed by atoms with E-state index in [0.29, 0.717) is 16.7 Å². The number of rotatable bonds is 2. The van der Waals surface area contributed by atoms with Crippen LogP contribution in [-0.2, 0) is 0 Å². The van der Waals surface area contributed by atoms with Gasteiger partial charge in [-0.3, -0.25) is 9.78 Å². The molecule has 3 rings (SSSR count). The van der Waals surface area contributed by atoms with Gasteiger partial charge < -0.3 is 0 Å². The molecule has 0 radical (unpaired) electrons. The lowest BCUT2D eigenvalue weighted by atomic mass is 10.0. The number of aryl methyl sites for hydroxylation is 1. The van der Waals surface area contributed by atoms with E-state index in [9.17, 15) is 9.18 Å². The fraction of sp³-hybridized carbons (Fsp3) is 0.0588. The molecule has 0 amide bonds. The molecule has 0 unspecified atom stereocenters. The second-order valence-electron chi connectivity index (χ2n) is 4.70. The zero-order chi connectivity index (χ0) is 14.1. The molecular weight excluding hydrogens is 253 g/mol. The zero-order valence-electron chi connectivity index (χ0n) is 10.9. The highest BCUT2D eigenvalue weighted by molar-refractivity contribution is 6.10. The predicted octanol–water partition coefficient (Wildman–Crippen LogP) is 3.91. The predicted molar refractivity (Wildman–Crippen MR) is 76.3 cm³/mol. The van der Waals surface area contributed by atoms with Crippen molar-refractivity contribution in [2.24, 2.45) is 0 Å². The van der Waals surface area contributed by atoms with Crippen molar-refractivity contribution in [1.29, 1.82) is 0 Å². The monoisotopic (exact) mass is 265 g/mol. The summed E-state index contributed by atoms with van der Waals surface area (Å²) in [5, 5.41) is 0.971. The highest BCUT2D eigenvalue weighted by atomic mass is 19.1. The maximum absolute atomic E-state index is 13.5. The summed E-state index contributed by atoms with van der Waals surface area (Å²) in [6.45, 7) is 1.67. The molecule has 0 N–H and O–H groups in total. The molecule has 98 valence electrons. The van der Waals surface area contributed by atoms with Gasteiger partial charge in [0, 0.05) is 22.7 Å². The lowest BCUT2D eigenvalue weighted by Gasteiger charge is -2.04. The maximum Gasteiger partial charge on any atom is 0.193 e. The first-order valence-corrected chi connectivity index (χ1v) is 6.31. The molecular formula is C17H12FNO. The minimum atomic E-state index is -0.366. The molecule has 0 aliphatic rings. The number of nitrogens with zero attached hydrogens (tertiary/aromatic N) is 1. The summed E-state index contributed by atoms with van der Waals surface area (Å²) in [7, 11) is 0. The van der Waals surface area contributed by atoms with Crippen molar-refractivity contribution in [1.82, 2.24) is 4.98 Å². The van der Waals surface area contributed by atoms with E-state index >= 15 is 0 Å². The molecule has 2 nitrogen and oxygen atoms in total. The lowest BCUT2D eigenvalue weighted by Crippen LogP contribution is -2.02. The first kappa shape index (κ1) is 12.5. The van der Waals surface area contributed by atoms with Crippen molar-refractivity contribution in [2.45, 2.75) is 6.92 Å². The smallest absolute Gasteiger partial charge is 0.193 e. The normalized spacial score (nSPS) is 10.7. The molecule has 2 aromatic carbocycles. The van der Waals surface area contributed by atoms with Gasteiger partial charge in [0.25, 0.3) is 0 Å². The highest BCUT2D eigenvalue weighted by Crippen LogP contribution is 2.18. The van der Waals surface area contributed by atoms with Gasteiger partial charge in [-0.2, -0.15) is 0 Å². The molecule has 0 aliphatic heterocycles. The van der Waals surface area contributed by atoms with Gasteiger partial charge >= 0.3 is 0 Å². The molecule has 0 bridgehead atoms. The van der Waals surface area contributed by atoms with E-state index in [1.165, 1.54) is 6.07 Å². The topological polar surface area (TPSA) is 30.0 Å². The van der Waals surface area contributed by atoms with Gasteiger partial charge in [0.05, 0.1) is 5.52 Å². The summed E-state index contributed by atoms with van der Waals surface area (Å²) in [6, 6.07) is 13.6. The van der Waals surface area contributed by atoms with Gasteiger partial charge in [-0.25, -0.2) is 4.39 Å². The minimum absolute atomic E-state index is 0.198. The number of pyridine rings is 1. The van der Waals surface area contributed by atoms with E-state index < -0.39 is 0 Å². The Balaban J connectivity index is 2.05. The first-order valence-electron chi connectivity index (χ1n) is 6.31. The van der Waals surface area contributed by atoms with E-state index in [-0.39, 0.29) is 11.6 Å². The van der Waals surface area contributed by atoms with Gasteiger partial charge in [-0.1, -0.05) is 30.3 Å². The number of aromatic nitrogens is 1. The fourth-order valence-electron chi connectivity index (χ4n) is 2.11. The first-order chi connectivity index (χ1) is 9.65. The van der Waals surface area contributed by atoms with Crippen molar-refractivity contribution < 1.29 is 9.18 Å². The number of carbonyl (C=O) groups excluding carboxylic acids is 1. The van der Waals surface area contributed by atoms with Gasteiger partial charge in [-0.15, -0.1) is 0 Å². The van der Waals surface area contributed by atoms with Crippen LogP contribution in [0.25, 0.3) is 10.9 Å². The van der Waals surface area contributed by atoms with Gasteiger partial charge in [0.1, 0.15) is 5.82 Å². The van der Waals surface area contributed by atoms with Crippen LogP contribution in [-0.4, -0.2) is 10.8 Å². The number of hydrogen-bond donors (Lipinski definition) is 0. The van der Waals surface area contributed by atoms with E-state index in [1.54, 1.807) is 37.4 Å². The summed E-state index contributed by atoms with van der Waals surface area (Å²) in [5.41, 5.74) is 2.15. The molecule has 0 fully saturated rings. The number of carbonyl (C=O) groups is 1. The molecule has 1 heterocycles. The quantitative estimate of drug-likeness (QED) is 0.657. The summed E-state index contributed by atoms with van der Waals surface area (Å²) in [5.74, 6) is -0.564. The van der Waals surface area contributed by atoms with Crippen LogP contribution >= 0.6 is 0 Å². The Morgan fingerprint density at radius 2 is 1.80 bits per heavy atom. The second kappa shape index (κ2) is 4.85. The summed E-state index contributed by atoms with van der Waals surface area (Å²) in [6.07, 6.45) is 1.68. The number of fused-ring (bicyclic) bond motifs is 1. The molecule has 0 spiro atoms. The van der Waals surface area contributed by atoms with E-state index in [0.717, 1.165) is 10.9 Å². The van der Waals surface area contributed by atoms with Crippen LogP contribution in [0.15, 0.2) is 54.7 Å². The maximum atomic E-state index is 13.5. The van der Waals surface area contributed by atoms with Crippen LogP contribution in [0.1, 0.15) is 21.5 Å². The average Bonchev–Trinajstić information content (AvgIpc) is 2.49. The largest absolute Gasteiger partial charge is 0.289 e.